The van der Waals surface area contributed by atoms with Gasteiger partial charge in [0.25, 0.3) is 5.91 Å². The largest absolute Gasteiger partial charge is 0.496 e. The van der Waals surface area contributed by atoms with Crippen molar-refractivity contribution in [1.29, 1.82) is 0 Å². The highest BCUT2D eigenvalue weighted by atomic mass is 35.5. The summed E-state index contributed by atoms with van der Waals surface area (Å²) in [5.41, 5.74) is 6.72. The van der Waals surface area contributed by atoms with Crippen molar-refractivity contribution in [2.75, 3.05) is 45.6 Å². The van der Waals surface area contributed by atoms with Crippen molar-refractivity contribution in [1.82, 2.24) is 9.80 Å². The van der Waals surface area contributed by atoms with E-state index < -0.39 is 0 Å². The molecular weight excluding hydrogens is 397 g/mol. The van der Waals surface area contributed by atoms with E-state index in [1.54, 1.807) is 19.2 Å². The van der Waals surface area contributed by atoms with Crippen molar-refractivity contribution in [2.45, 2.75) is 25.7 Å². The predicted molar refractivity (Wildman–Crippen MR) is 111 cm³/mol. The molecule has 1 aromatic carbocycles. The minimum absolute atomic E-state index is 0. The van der Waals surface area contributed by atoms with Gasteiger partial charge in [-0.05, 0) is 50.8 Å². The van der Waals surface area contributed by atoms with Crippen LogP contribution < -0.4 is 10.5 Å². The zero-order valence-electron chi connectivity index (χ0n) is 15.1. The Balaban J connectivity index is 0.00000169. The number of hydrogen-bond acceptors (Lipinski definition) is 4. The van der Waals surface area contributed by atoms with Crippen LogP contribution in [0.15, 0.2) is 12.1 Å². The first-order chi connectivity index (χ1) is 11.6. The number of piperidine rings is 1. The zero-order chi connectivity index (χ0) is 17.1. The molecule has 5 nitrogen and oxygen atoms in total. The summed E-state index contributed by atoms with van der Waals surface area (Å²) >= 11 is 6.09. The van der Waals surface area contributed by atoms with Crippen molar-refractivity contribution in [2.24, 2.45) is 5.92 Å². The average Bonchev–Trinajstić information content (AvgIpc) is 3.10. The maximum atomic E-state index is 12.8. The van der Waals surface area contributed by atoms with Gasteiger partial charge in [-0.25, -0.2) is 0 Å². The minimum atomic E-state index is -0.0200. The molecule has 2 saturated heterocycles. The smallest absolute Gasteiger partial charge is 0.257 e. The van der Waals surface area contributed by atoms with Gasteiger partial charge in [0.05, 0.1) is 23.4 Å². The molecule has 2 heterocycles. The second-order valence-corrected chi connectivity index (χ2v) is 7.22. The number of halogens is 3. The molecule has 0 radical (unpaired) electrons. The van der Waals surface area contributed by atoms with E-state index in [-0.39, 0.29) is 30.7 Å². The Kier molecular flexibility index (Phi) is 9.31. The van der Waals surface area contributed by atoms with Crippen molar-refractivity contribution in [3.63, 3.8) is 0 Å². The standard InChI is InChI=1S/C18H26ClN3O2.2ClH/c1-24-17-11-16(20)15(19)10-14(17)18(23)22-8-4-13(5-9-22)12-21-6-2-3-7-21;;/h10-11,13H,2-9,12,20H2,1H3;2*1H. The molecule has 0 spiro atoms. The van der Waals surface area contributed by atoms with Crippen LogP contribution in [-0.2, 0) is 0 Å². The molecule has 2 N–H and O–H groups in total. The Labute approximate surface area is 173 Å². The molecule has 2 aliphatic rings. The molecule has 0 unspecified atom stereocenters. The number of methoxy groups -OCH3 is 1. The Morgan fingerprint density at radius 2 is 1.81 bits per heavy atom. The number of nitrogens with zero attached hydrogens (tertiary/aromatic N) is 2. The number of rotatable bonds is 4. The van der Waals surface area contributed by atoms with Crippen LogP contribution in [-0.4, -0.2) is 55.5 Å². The fourth-order valence-electron chi connectivity index (χ4n) is 3.72. The average molecular weight is 425 g/mol. The fourth-order valence-corrected chi connectivity index (χ4v) is 3.89. The number of hydrogen-bond donors (Lipinski definition) is 1. The minimum Gasteiger partial charge on any atom is -0.496 e. The molecule has 1 aromatic rings. The SMILES string of the molecule is COc1cc(N)c(Cl)cc1C(=O)N1CCC(CN2CCCC2)CC1.Cl.Cl. The second kappa shape index (κ2) is 10.5. The summed E-state index contributed by atoms with van der Waals surface area (Å²) in [6, 6.07) is 3.24. The summed E-state index contributed by atoms with van der Waals surface area (Å²) in [5, 5.41) is 0.392. The van der Waals surface area contributed by atoms with Gasteiger partial charge in [0.2, 0.25) is 0 Å². The van der Waals surface area contributed by atoms with E-state index in [4.69, 9.17) is 22.1 Å². The van der Waals surface area contributed by atoms with Gasteiger partial charge >= 0.3 is 0 Å². The Morgan fingerprint density at radius 1 is 1.19 bits per heavy atom. The summed E-state index contributed by atoms with van der Waals surface area (Å²) < 4.78 is 5.31. The van der Waals surface area contributed by atoms with Crippen LogP contribution in [0.1, 0.15) is 36.0 Å². The van der Waals surface area contributed by atoms with Crippen LogP contribution in [0.4, 0.5) is 5.69 Å². The van der Waals surface area contributed by atoms with Gasteiger partial charge in [0.1, 0.15) is 5.75 Å². The van der Waals surface area contributed by atoms with Crippen molar-refractivity contribution < 1.29 is 9.53 Å². The van der Waals surface area contributed by atoms with E-state index >= 15 is 0 Å². The van der Waals surface area contributed by atoms with Crippen molar-refractivity contribution in [3.8, 4) is 5.75 Å². The Bertz CT molecular complexity index is 602. The summed E-state index contributed by atoms with van der Waals surface area (Å²) in [6.45, 7) is 5.24. The predicted octanol–water partition coefficient (Wildman–Crippen LogP) is 3.72. The number of benzene rings is 1. The second-order valence-electron chi connectivity index (χ2n) is 6.82. The van der Waals surface area contributed by atoms with Crippen molar-refractivity contribution in [3.05, 3.63) is 22.7 Å². The van der Waals surface area contributed by atoms with Crippen LogP contribution >= 0.6 is 36.4 Å². The van der Waals surface area contributed by atoms with Crippen LogP contribution in [0, 0.1) is 5.92 Å². The maximum absolute atomic E-state index is 12.8. The lowest BCUT2D eigenvalue weighted by Gasteiger charge is -2.34. The molecule has 148 valence electrons. The first kappa shape index (κ1) is 23.2. The summed E-state index contributed by atoms with van der Waals surface area (Å²) in [7, 11) is 1.54. The van der Waals surface area contributed by atoms with E-state index in [0.717, 1.165) is 25.9 Å². The van der Waals surface area contributed by atoms with E-state index in [1.807, 2.05) is 4.90 Å². The van der Waals surface area contributed by atoms with Crippen molar-refractivity contribution >= 4 is 48.0 Å². The Morgan fingerprint density at radius 3 is 2.38 bits per heavy atom. The lowest BCUT2D eigenvalue weighted by molar-refractivity contribution is 0.0669. The summed E-state index contributed by atoms with van der Waals surface area (Å²) in [4.78, 5) is 17.3. The molecule has 0 bridgehead atoms. The number of amides is 1. The highest BCUT2D eigenvalue weighted by molar-refractivity contribution is 6.33. The van der Waals surface area contributed by atoms with Gasteiger partial charge in [-0.3, -0.25) is 4.79 Å². The van der Waals surface area contributed by atoms with Gasteiger partial charge in [0.15, 0.2) is 0 Å². The van der Waals surface area contributed by atoms with E-state index in [0.29, 0.717) is 27.9 Å². The normalized spacial score (nSPS) is 18.2. The highest BCUT2D eigenvalue weighted by Crippen LogP contribution is 2.31. The first-order valence-electron chi connectivity index (χ1n) is 8.73. The highest BCUT2D eigenvalue weighted by Gasteiger charge is 2.27. The molecule has 8 heteroatoms. The van der Waals surface area contributed by atoms with Crippen LogP contribution in [0.5, 0.6) is 5.75 Å². The molecule has 2 fully saturated rings. The molecule has 0 aliphatic carbocycles. The fraction of sp³-hybridized carbons (Fsp3) is 0.611. The topological polar surface area (TPSA) is 58.8 Å². The number of carbonyl (C=O) groups excluding carboxylic acids is 1. The van der Waals surface area contributed by atoms with Gasteiger partial charge < -0.3 is 20.3 Å². The van der Waals surface area contributed by atoms with Gasteiger partial charge in [-0.2, -0.15) is 0 Å². The molecule has 2 aliphatic heterocycles. The number of anilines is 1. The number of carbonyl (C=O) groups is 1. The lowest BCUT2D eigenvalue weighted by atomic mass is 9.95. The summed E-state index contributed by atoms with van der Waals surface area (Å²) in [5.74, 6) is 1.17. The lowest BCUT2D eigenvalue weighted by Crippen LogP contribution is -2.41. The van der Waals surface area contributed by atoms with E-state index in [9.17, 15) is 4.79 Å². The monoisotopic (exact) mass is 423 g/mol. The number of likely N-dealkylation sites (tertiary alicyclic amines) is 2. The molecule has 0 aromatic heterocycles. The number of ether oxygens (including phenoxy) is 1. The third kappa shape index (κ3) is 5.32. The van der Waals surface area contributed by atoms with E-state index in [1.165, 1.54) is 32.5 Å². The number of nitrogens with two attached hydrogens (primary N) is 1. The van der Waals surface area contributed by atoms with Gasteiger partial charge in [0, 0.05) is 25.7 Å². The Hall–Kier alpha value is -0.880. The van der Waals surface area contributed by atoms with E-state index in [2.05, 4.69) is 4.90 Å². The molecular formula is C18H28Cl3N3O2. The summed E-state index contributed by atoms with van der Waals surface area (Å²) in [6.07, 6.45) is 4.78. The maximum Gasteiger partial charge on any atom is 0.257 e. The quantitative estimate of drug-likeness (QED) is 0.748. The zero-order valence-corrected chi connectivity index (χ0v) is 17.5. The molecule has 26 heavy (non-hydrogen) atoms. The molecule has 0 atom stereocenters. The van der Waals surface area contributed by atoms with Crippen LogP contribution in [0.2, 0.25) is 5.02 Å². The first-order valence-corrected chi connectivity index (χ1v) is 9.11. The third-order valence-electron chi connectivity index (χ3n) is 5.17. The van der Waals surface area contributed by atoms with Crippen LogP contribution in [0.3, 0.4) is 0 Å². The molecule has 3 rings (SSSR count). The molecule has 1 amide bonds. The van der Waals surface area contributed by atoms with Gasteiger partial charge in [-0.15, -0.1) is 24.8 Å². The van der Waals surface area contributed by atoms with Gasteiger partial charge in [-0.1, -0.05) is 11.6 Å². The number of nitrogen functional groups attached to an aromatic ring is 1. The molecule has 0 saturated carbocycles. The van der Waals surface area contributed by atoms with Crippen LogP contribution in [0.25, 0.3) is 0 Å². The third-order valence-corrected chi connectivity index (χ3v) is 5.49.